The van der Waals surface area contributed by atoms with E-state index in [1.54, 1.807) is 6.92 Å². The number of aliphatic hydroxyl groups excluding tert-OH is 2. The quantitative estimate of drug-likeness (QED) is 0.0539. The van der Waals surface area contributed by atoms with Crippen LogP contribution >= 0.6 is 0 Å². The molecule has 1 heterocycles. The summed E-state index contributed by atoms with van der Waals surface area (Å²) in [5.74, 6) is -9.09. The molecule has 0 aliphatic carbocycles. The largest absolute Gasteiger partial charge is 0.394 e. The maximum absolute atomic E-state index is 13.9. The lowest BCUT2D eigenvalue weighted by molar-refractivity contribution is -0.136. The molecule has 1 aliphatic rings. The van der Waals surface area contributed by atoms with Gasteiger partial charge in [0.05, 0.1) is 25.3 Å². The van der Waals surface area contributed by atoms with Crippen LogP contribution in [0.1, 0.15) is 65.2 Å². The van der Waals surface area contributed by atoms with Gasteiger partial charge in [0.15, 0.2) is 0 Å². The molecule has 0 saturated carbocycles. The molecule has 0 unspecified atom stereocenters. The highest BCUT2D eigenvalue weighted by atomic mass is 16.3. The van der Waals surface area contributed by atoms with E-state index >= 15 is 0 Å². The van der Waals surface area contributed by atoms with Gasteiger partial charge in [0.1, 0.15) is 48.3 Å². The number of hydrogen-bond donors (Lipinski definition) is 18. The van der Waals surface area contributed by atoms with E-state index < -0.39 is 146 Å². The Morgan fingerprint density at radius 1 is 0.621 bits per heavy atom. The van der Waals surface area contributed by atoms with Crippen LogP contribution in [-0.4, -0.2) is 182 Å². The molecule has 0 aromatic rings. The predicted molar refractivity (Wildman–Crippen MR) is 236 cm³/mol. The van der Waals surface area contributed by atoms with Gasteiger partial charge >= 0.3 is 0 Å². The molecule has 1 fully saturated rings. The number of nitrogens with two attached hydrogens (primary N) is 6. The van der Waals surface area contributed by atoms with Crippen molar-refractivity contribution in [1.29, 1.82) is 0 Å². The van der Waals surface area contributed by atoms with Gasteiger partial charge in [0.25, 0.3) is 0 Å². The van der Waals surface area contributed by atoms with Crippen molar-refractivity contribution in [1.82, 2.24) is 53.2 Å². The molecular weight excluding hydrogens is 873 g/mol. The Kier molecular flexibility index (Phi) is 27.7. The summed E-state index contributed by atoms with van der Waals surface area (Å²) in [6, 6.07) is -12.7. The van der Waals surface area contributed by atoms with Crippen LogP contribution in [0.2, 0.25) is 0 Å². The zero-order valence-electron chi connectivity index (χ0n) is 37.5. The summed E-state index contributed by atoms with van der Waals surface area (Å²) in [7, 11) is 0. The Hall–Kier alpha value is -5.62. The lowest BCUT2D eigenvalue weighted by Gasteiger charge is -2.27. The summed E-state index contributed by atoms with van der Waals surface area (Å²) in [5, 5.41) is 44.6. The first-order valence-corrected chi connectivity index (χ1v) is 21.8. The number of carbonyl (C=O) groups is 10. The third-order valence-corrected chi connectivity index (χ3v) is 10.1. The SMILES string of the molecule is CCC[C@@H]1NC(=O)CNC(=O)[C@H](CCN)NC(=O)[C@@H](NC(=O)[C@H](CCN)NC(=O)[C@@H](NC(=O)[C@@H](N)CCN)[C@@H](C)O)CCNC(=O)[C@H](CO)NC(=O)[C@H](CCN)NC(=O)[C@H](CCN)NC1=O. The van der Waals surface area contributed by atoms with Gasteiger partial charge < -0.3 is 97.8 Å². The maximum atomic E-state index is 13.9. The summed E-state index contributed by atoms with van der Waals surface area (Å²) in [6.45, 7) is 0.390. The first-order valence-electron chi connectivity index (χ1n) is 21.8. The fourth-order valence-corrected chi connectivity index (χ4v) is 6.36. The molecule has 1 rings (SSSR count). The van der Waals surface area contributed by atoms with Crippen molar-refractivity contribution in [2.45, 2.75) is 126 Å². The summed E-state index contributed by atoms with van der Waals surface area (Å²) >= 11 is 0. The van der Waals surface area contributed by atoms with Crippen LogP contribution in [-0.2, 0) is 47.9 Å². The average molecular weight is 945 g/mol. The van der Waals surface area contributed by atoms with Crippen LogP contribution in [0.15, 0.2) is 0 Å². The minimum atomic E-state index is -1.62. The van der Waals surface area contributed by atoms with E-state index in [1.807, 2.05) is 0 Å². The smallest absolute Gasteiger partial charge is 0.245 e. The highest BCUT2D eigenvalue weighted by Gasteiger charge is 2.35. The zero-order chi connectivity index (χ0) is 49.9. The van der Waals surface area contributed by atoms with E-state index in [0.29, 0.717) is 6.42 Å². The third kappa shape index (κ3) is 20.3. The molecule has 24 N–H and O–H groups in total. The van der Waals surface area contributed by atoms with E-state index in [-0.39, 0.29) is 71.2 Å². The Labute approximate surface area is 382 Å². The Balaban J connectivity index is 3.63. The number of carbonyl (C=O) groups excluding carboxylic acids is 10. The molecule has 66 heavy (non-hydrogen) atoms. The van der Waals surface area contributed by atoms with Crippen molar-refractivity contribution in [3.63, 3.8) is 0 Å². The van der Waals surface area contributed by atoms with Crippen molar-refractivity contribution in [2.24, 2.45) is 34.4 Å². The van der Waals surface area contributed by atoms with Crippen LogP contribution in [0.25, 0.3) is 0 Å². The minimum Gasteiger partial charge on any atom is -0.394 e. The van der Waals surface area contributed by atoms with Gasteiger partial charge in [-0.25, -0.2) is 0 Å². The van der Waals surface area contributed by atoms with Crippen LogP contribution < -0.4 is 87.6 Å². The van der Waals surface area contributed by atoms with Crippen molar-refractivity contribution in [2.75, 3.05) is 52.4 Å². The minimum absolute atomic E-state index is 0.0541. The summed E-state index contributed by atoms with van der Waals surface area (Å²) in [5.41, 5.74) is 34.1. The molecule has 0 aromatic heterocycles. The molecule has 0 spiro atoms. The van der Waals surface area contributed by atoms with Crippen molar-refractivity contribution < 1.29 is 58.2 Å². The number of aliphatic hydroxyl groups is 2. The first kappa shape index (κ1) is 58.4. The fraction of sp³-hybridized carbons (Fsp3) is 0.737. The van der Waals surface area contributed by atoms with Crippen LogP contribution in [0, 0.1) is 0 Å². The Morgan fingerprint density at radius 2 is 1.11 bits per heavy atom. The first-order chi connectivity index (χ1) is 31.3. The molecule has 28 heteroatoms. The highest BCUT2D eigenvalue weighted by molar-refractivity contribution is 5.98. The second kappa shape index (κ2) is 31.3. The molecule has 28 nitrogen and oxygen atoms in total. The summed E-state index contributed by atoms with van der Waals surface area (Å²) < 4.78 is 0. The molecular formula is C38H72N16O12. The van der Waals surface area contributed by atoms with E-state index in [2.05, 4.69) is 53.2 Å². The lowest BCUT2D eigenvalue weighted by atomic mass is 10.1. The normalized spacial score (nSPS) is 24.0. The summed E-state index contributed by atoms with van der Waals surface area (Å²) in [6.07, 6.45) is -2.00. The number of hydrogen-bond acceptors (Lipinski definition) is 18. The Morgan fingerprint density at radius 3 is 1.59 bits per heavy atom. The highest BCUT2D eigenvalue weighted by Crippen LogP contribution is 2.05. The second-order valence-electron chi connectivity index (χ2n) is 15.5. The average Bonchev–Trinajstić information content (AvgIpc) is 3.27. The van der Waals surface area contributed by atoms with Crippen molar-refractivity contribution >= 4 is 59.1 Å². The molecule has 376 valence electrons. The summed E-state index contributed by atoms with van der Waals surface area (Å²) in [4.78, 5) is 134. The standard InChI is InChI=1S/C38H72N16O12/c1-3-4-21-33(61)49-23(7-13-41)34(62)50-24(8-14-42)36(64)53-27(18-55)32(60)45-16-10-26(37(65)48-22(6-12-40)31(59)46-17-28(57)47-21)51-35(63)25(9-15-43)52-38(66)29(19(2)56)54-30(58)20(44)5-11-39/h19-27,29,55-56H,3-18,39-44H2,1-2H3,(H,45,60)(H,46,59)(H,47,57)(H,48,65)(H,49,61)(H,50,62)(H,51,63)(H,52,66)(H,53,64)(H,54,58)/t19-,20+,21+,22+,23+,24+,25+,26+,27+,29+/m1/s1. The molecule has 0 bridgehead atoms. The lowest BCUT2D eigenvalue weighted by Crippen LogP contribution is -2.61. The zero-order valence-corrected chi connectivity index (χ0v) is 37.5. The van der Waals surface area contributed by atoms with Gasteiger partial charge in [0.2, 0.25) is 59.1 Å². The fourth-order valence-electron chi connectivity index (χ4n) is 6.36. The monoisotopic (exact) mass is 945 g/mol. The van der Waals surface area contributed by atoms with E-state index in [0.717, 1.165) is 0 Å². The van der Waals surface area contributed by atoms with Gasteiger partial charge in [-0.05, 0) is 84.6 Å². The van der Waals surface area contributed by atoms with Crippen molar-refractivity contribution in [3.8, 4) is 0 Å². The predicted octanol–water partition coefficient (Wildman–Crippen LogP) is -10.3. The maximum Gasteiger partial charge on any atom is 0.245 e. The van der Waals surface area contributed by atoms with Crippen molar-refractivity contribution in [3.05, 3.63) is 0 Å². The topological polar surface area (TPSA) is 488 Å². The van der Waals surface area contributed by atoms with E-state index in [1.165, 1.54) is 6.92 Å². The van der Waals surface area contributed by atoms with Gasteiger partial charge in [-0.1, -0.05) is 13.3 Å². The van der Waals surface area contributed by atoms with Gasteiger partial charge in [-0.3, -0.25) is 47.9 Å². The van der Waals surface area contributed by atoms with Crippen LogP contribution in [0.4, 0.5) is 0 Å². The molecule has 1 aliphatic heterocycles. The molecule has 0 aromatic carbocycles. The Bertz CT molecular complexity index is 1640. The van der Waals surface area contributed by atoms with Gasteiger partial charge in [-0.15, -0.1) is 0 Å². The van der Waals surface area contributed by atoms with E-state index in [9.17, 15) is 58.2 Å². The third-order valence-electron chi connectivity index (χ3n) is 10.1. The molecule has 10 atom stereocenters. The second-order valence-corrected chi connectivity index (χ2v) is 15.5. The molecule has 10 amide bonds. The van der Waals surface area contributed by atoms with Crippen LogP contribution in [0.3, 0.4) is 0 Å². The van der Waals surface area contributed by atoms with Crippen LogP contribution in [0.5, 0.6) is 0 Å². The number of nitrogens with one attached hydrogen (secondary N) is 10. The number of amides is 10. The van der Waals surface area contributed by atoms with E-state index in [4.69, 9.17) is 34.4 Å². The molecule has 1 saturated heterocycles. The van der Waals surface area contributed by atoms with Gasteiger partial charge in [0, 0.05) is 6.54 Å². The number of rotatable bonds is 20. The van der Waals surface area contributed by atoms with Gasteiger partial charge in [-0.2, -0.15) is 0 Å². The molecule has 0 radical (unpaired) electrons.